The van der Waals surface area contributed by atoms with Crippen molar-refractivity contribution >= 4 is 28.2 Å². The zero-order valence-electron chi connectivity index (χ0n) is 11.3. The molecule has 0 unspecified atom stereocenters. The first-order chi connectivity index (χ1) is 10.1. The molecule has 0 aliphatic heterocycles. The van der Waals surface area contributed by atoms with Crippen molar-refractivity contribution in [2.45, 2.75) is 0 Å². The number of anilines is 2. The van der Waals surface area contributed by atoms with Crippen LogP contribution in [0.5, 0.6) is 0 Å². The second-order valence-corrected chi connectivity index (χ2v) is 4.68. The molecule has 0 fully saturated rings. The SMILES string of the molecule is Cn1nc(C(=O)Nc2cc(N)ccc2F)c2ccccc21. The molecule has 0 saturated heterocycles. The van der Waals surface area contributed by atoms with Crippen LogP contribution in [-0.2, 0) is 7.05 Å². The number of nitrogen functional groups attached to an aromatic ring is 1. The molecule has 3 aromatic rings. The molecule has 0 atom stereocenters. The van der Waals surface area contributed by atoms with Crippen LogP contribution in [0.1, 0.15) is 10.5 Å². The van der Waals surface area contributed by atoms with E-state index < -0.39 is 11.7 Å². The van der Waals surface area contributed by atoms with Crippen LogP contribution in [0.2, 0.25) is 0 Å². The number of carbonyl (C=O) groups excluding carboxylic acids is 1. The molecule has 2 aromatic carbocycles. The summed E-state index contributed by atoms with van der Waals surface area (Å²) in [5.74, 6) is -1.02. The fraction of sp³-hybridized carbons (Fsp3) is 0.0667. The maximum absolute atomic E-state index is 13.7. The van der Waals surface area contributed by atoms with Gasteiger partial charge in [-0.25, -0.2) is 4.39 Å². The number of hydrogen-bond donors (Lipinski definition) is 2. The van der Waals surface area contributed by atoms with Crippen LogP contribution < -0.4 is 11.1 Å². The highest BCUT2D eigenvalue weighted by atomic mass is 19.1. The largest absolute Gasteiger partial charge is 0.399 e. The van der Waals surface area contributed by atoms with Crippen LogP contribution >= 0.6 is 0 Å². The normalized spacial score (nSPS) is 10.8. The highest BCUT2D eigenvalue weighted by Crippen LogP contribution is 2.21. The number of aromatic nitrogens is 2. The molecule has 21 heavy (non-hydrogen) atoms. The zero-order chi connectivity index (χ0) is 15.0. The fourth-order valence-electron chi connectivity index (χ4n) is 2.20. The van der Waals surface area contributed by atoms with Gasteiger partial charge in [-0.2, -0.15) is 5.10 Å². The van der Waals surface area contributed by atoms with E-state index in [2.05, 4.69) is 10.4 Å². The van der Waals surface area contributed by atoms with Crippen molar-refractivity contribution in [1.82, 2.24) is 9.78 Å². The van der Waals surface area contributed by atoms with Crippen LogP contribution in [0.4, 0.5) is 15.8 Å². The summed E-state index contributed by atoms with van der Waals surface area (Å²) in [6, 6.07) is 11.4. The van der Waals surface area contributed by atoms with Gasteiger partial charge in [0.1, 0.15) is 5.82 Å². The minimum absolute atomic E-state index is 0.0368. The van der Waals surface area contributed by atoms with Crippen molar-refractivity contribution in [3.05, 3.63) is 54.0 Å². The number of para-hydroxylation sites is 1. The second-order valence-electron chi connectivity index (χ2n) is 4.68. The smallest absolute Gasteiger partial charge is 0.276 e. The summed E-state index contributed by atoms with van der Waals surface area (Å²) in [7, 11) is 1.75. The number of carbonyl (C=O) groups is 1. The Morgan fingerprint density at radius 3 is 2.86 bits per heavy atom. The number of halogens is 1. The number of amides is 1. The second kappa shape index (κ2) is 4.90. The number of nitrogens with zero attached hydrogens (tertiary/aromatic N) is 2. The predicted octanol–water partition coefficient (Wildman–Crippen LogP) is 2.55. The van der Waals surface area contributed by atoms with Crippen molar-refractivity contribution in [1.29, 1.82) is 0 Å². The Balaban J connectivity index is 2.00. The molecule has 0 radical (unpaired) electrons. The van der Waals surface area contributed by atoms with Crippen LogP contribution in [-0.4, -0.2) is 15.7 Å². The van der Waals surface area contributed by atoms with Gasteiger partial charge in [-0.3, -0.25) is 9.48 Å². The van der Waals surface area contributed by atoms with Crippen LogP contribution in [0.25, 0.3) is 10.9 Å². The standard InChI is InChI=1S/C15H13FN4O/c1-20-13-5-3-2-4-10(13)14(19-20)15(21)18-12-8-9(17)6-7-11(12)16/h2-8H,17H2,1H3,(H,18,21). The molecule has 106 valence electrons. The summed E-state index contributed by atoms with van der Waals surface area (Å²) in [4.78, 5) is 12.3. The highest BCUT2D eigenvalue weighted by molar-refractivity contribution is 6.11. The van der Waals surface area contributed by atoms with E-state index in [-0.39, 0.29) is 11.4 Å². The number of benzene rings is 2. The number of hydrogen-bond acceptors (Lipinski definition) is 3. The van der Waals surface area contributed by atoms with E-state index >= 15 is 0 Å². The Morgan fingerprint density at radius 2 is 2.05 bits per heavy atom. The Kier molecular flexibility index (Phi) is 3.06. The minimum Gasteiger partial charge on any atom is -0.399 e. The average Bonchev–Trinajstić information content (AvgIpc) is 2.81. The quantitative estimate of drug-likeness (QED) is 0.710. The van der Waals surface area contributed by atoms with E-state index in [0.29, 0.717) is 11.1 Å². The third kappa shape index (κ3) is 2.31. The molecular weight excluding hydrogens is 271 g/mol. The molecule has 0 spiro atoms. The lowest BCUT2D eigenvalue weighted by atomic mass is 10.2. The Hall–Kier alpha value is -2.89. The monoisotopic (exact) mass is 284 g/mol. The van der Waals surface area contributed by atoms with E-state index in [0.717, 1.165) is 5.52 Å². The molecule has 3 N–H and O–H groups in total. The van der Waals surface area contributed by atoms with Gasteiger partial charge in [0.15, 0.2) is 5.69 Å². The number of rotatable bonds is 2. The summed E-state index contributed by atoms with van der Waals surface area (Å²) >= 11 is 0. The first-order valence-electron chi connectivity index (χ1n) is 6.34. The zero-order valence-corrected chi connectivity index (χ0v) is 11.3. The first kappa shape index (κ1) is 13.1. The fourth-order valence-corrected chi connectivity index (χ4v) is 2.20. The van der Waals surface area contributed by atoms with Crippen molar-refractivity contribution in [3.63, 3.8) is 0 Å². The Labute approximate surface area is 120 Å². The van der Waals surface area contributed by atoms with E-state index in [1.807, 2.05) is 18.2 Å². The summed E-state index contributed by atoms with van der Waals surface area (Å²) in [6.07, 6.45) is 0. The Bertz CT molecular complexity index is 841. The summed E-state index contributed by atoms with van der Waals surface area (Å²) in [6.45, 7) is 0. The molecule has 0 aliphatic carbocycles. The minimum atomic E-state index is -0.544. The van der Waals surface area contributed by atoms with Gasteiger partial charge in [0.2, 0.25) is 0 Å². The van der Waals surface area contributed by atoms with Gasteiger partial charge in [-0.15, -0.1) is 0 Å². The first-order valence-corrected chi connectivity index (χ1v) is 6.34. The van der Waals surface area contributed by atoms with Gasteiger partial charge in [-0.1, -0.05) is 18.2 Å². The van der Waals surface area contributed by atoms with Crippen molar-refractivity contribution in [3.8, 4) is 0 Å². The van der Waals surface area contributed by atoms with E-state index in [1.54, 1.807) is 17.8 Å². The van der Waals surface area contributed by atoms with Crippen LogP contribution in [0.15, 0.2) is 42.5 Å². The van der Waals surface area contributed by atoms with Gasteiger partial charge < -0.3 is 11.1 Å². The van der Waals surface area contributed by atoms with Crippen LogP contribution in [0.3, 0.4) is 0 Å². The van der Waals surface area contributed by atoms with Gasteiger partial charge in [0.25, 0.3) is 5.91 Å². The maximum atomic E-state index is 13.7. The lowest BCUT2D eigenvalue weighted by Gasteiger charge is -2.05. The van der Waals surface area contributed by atoms with E-state index in [4.69, 9.17) is 5.73 Å². The molecule has 1 aromatic heterocycles. The van der Waals surface area contributed by atoms with Crippen molar-refractivity contribution in [2.75, 3.05) is 11.1 Å². The predicted molar refractivity (Wildman–Crippen MR) is 79.5 cm³/mol. The third-order valence-corrected chi connectivity index (χ3v) is 3.21. The van der Waals surface area contributed by atoms with Crippen LogP contribution in [0, 0.1) is 5.82 Å². The highest BCUT2D eigenvalue weighted by Gasteiger charge is 2.17. The maximum Gasteiger partial charge on any atom is 0.276 e. The number of aryl methyl sites for hydroxylation is 1. The number of fused-ring (bicyclic) bond motifs is 1. The molecule has 0 bridgehead atoms. The van der Waals surface area contributed by atoms with Gasteiger partial charge in [-0.05, 0) is 24.3 Å². The molecule has 6 heteroatoms. The van der Waals surface area contributed by atoms with Crippen molar-refractivity contribution in [2.24, 2.45) is 7.05 Å². The molecule has 0 saturated carbocycles. The molecule has 0 aliphatic rings. The summed E-state index contributed by atoms with van der Waals surface area (Å²) in [5.41, 5.74) is 7.08. The molecule has 1 amide bonds. The summed E-state index contributed by atoms with van der Waals surface area (Å²) < 4.78 is 15.3. The van der Waals surface area contributed by atoms with E-state index in [9.17, 15) is 9.18 Å². The molecule has 5 nitrogen and oxygen atoms in total. The molecule has 3 rings (SSSR count). The third-order valence-electron chi connectivity index (χ3n) is 3.21. The summed E-state index contributed by atoms with van der Waals surface area (Å²) in [5, 5.41) is 7.40. The lowest BCUT2D eigenvalue weighted by molar-refractivity contribution is 0.102. The van der Waals surface area contributed by atoms with Crippen molar-refractivity contribution < 1.29 is 9.18 Å². The number of nitrogens with two attached hydrogens (primary N) is 1. The average molecular weight is 284 g/mol. The van der Waals surface area contributed by atoms with Gasteiger partial charge in [0, 0.05) is 18.1 Å². The lowest BCUT2D eigenvalue weighted by Crippen LogP contribution is -2.14. The van der Waals surface area contributed by atoms with E-state index in [1.165, 1.54) is 18.2 Å². The van der Waals surface area contributed by atoms with Gasteiger partial charge in [0.05, 0.1) is 11.2 Å². The number of nitrogens with one attached hydrogen (secondary N) is 1. The van der Waals surface area contributed by atoms with Gasteiger partial charge >= 0.3 is 0 Å². The molecule has 1 heterocycles. The Morgan fingerprint density at radius 1 is 1.29 bits per heavy atom. The topological polar surface area (TPSA) is 72.9 Å². The molecular formula is C15H13FN4O.